The van der Waals surface area contributed by atoms with Gasteiger partial charge in [0.15, 0.2) is 6.61 Å². The molecule has 11 heteroatoms. The Balaban J connectivity index is 2.63. The predicted molar refractivity (Wildman–Crippen MR) is 89.5 cm³/mol. The van der Waals surface area contributed by atoms with Crippen molar-refractivity contribution in [1.29, 1.82) is 0 Å². The topological polar surface area (TPSA) is 145 Å². The summed E-state index contributed by atoms with van der Waals surface area (Å²) >= 11 is 5.70. The number of carbonyl (C=O) groups is 3. The highest BCUT2D eigenvalue weighted by Crippen LogP contribution is 2.21. The number of amides is 3. The number of carbonyl (C=O) groups excluding carboxylic acids is 3. The smallest absolute Gasteiger partial charge is 0.338 e. The van der Waals surface area contributed by atoms with Crippen LogP contribution in [0.3, 0.4) is 0 Å². The van der Waals surface area contributed by atoms with Gasteiger partial charge in [0, 0.05) is 6.54 Å². The normalized spacial score (nSPS) is 11.1. The van der Waals surface area contributed by atoms with Crippen molar-refractivity contribution in [1.82, 2.24) is 10.6 Å². The van der Waals surface area contributed by atoms with E-state index in [2.05, 4.69) is 5.32 Å². The van der Waals surface area contributed by atoms with Gasteiger partial charge in [-0.2, -0.15) is 0 Å². The van der Waals surface area contributed by atoms with Gasteiger partial charge in [0.05, 0.1) is 10.6 Å². The molecule has 4 N–H and O–H groups in total. The third-order valence-electron chi connectivity index (χ3n) is 2.73. The van der Waals surface area contributed by atoms with Crippen molar-refractivity contribution in [2.75, 3.05) is 13.2 Å². The highest BCUT2D eigenvalue weighted by molar-refractivity contribution is 7.89. The number of nitrogens with one attached hydrogen (secondary N) is 2. The molecule has 0 bridgehead atoms. The lowest BCUT2D eigenvalue weighted by molar-refractivity contribution is -0.123. The number of benzene rings is 1. The zero-order chi connectivity index (χ0) is 19.2. The number of nitrogens with two attached hydrogens (primary N) is 1. The van der Waals surface area contributed by atoms with Gasteiger partial charge in [-0.15, -0.1) is 0 Å². The lowest BCUT2D eigenvalue weighted by atomic mass is 10.2. The molecule has 0 radical (unpaired) electrons. The molecule has 138 valence electrons. The van der Waals surface area contributed by atoms with E-state index in [9.17, 15) is 22.8 Å². The first-order valence-corrected chi connectivity index (χ1v) is 9.00. The summed E-state index contributed by atoms with van der Waals surface area (Å²) in [6.07, 6.45) is 0. The minimum Gasteiger partial charge on any atom is -0.452 e. The molecule has 0 atom stereocenters. The summed E-state index contributed by atoms with van der Waals surface area (Å²) in [6.45, 7) is 3.42. The molecule has 0 aliphatic carbocycles. The van der Waals surface area contributed by atoms with Crippen molar-refractivity contribution in [3.63, 3.8) is 0 Å². The molecule has 0 saturated carbocycles. The summed E-state index contributed by atoms with van der Waals surface area (Å²) in [7, 11) is -4.12. The summed E-state index contributed by atoms with van der Waals surface area (Å²) in [4.78, 5) is 34.3. The van der Waals surface area contributed by atoms with Gasteiger partial charge in [-0.3, -0.25) is 10.1 Å². The summed E-state index contributed by atoms with van der Waals surface area (Å²) in [5.74, 6) is -1.61. The van der Waals surface area contributed by atoms with Crippen LogP contribution in [0.5, 0.6) is 0 Å². The van der Waals surface area contributed by atoms with E-state index < -0.39 is 39.4 Å². The molecular formula is C14H18ClN3O6S. The fourth-order valence-electron chi connectivity index (χ4n) is 1.57. The SMILES string of the molecule is CC(C)CNC(=O)NC(=O)COC(=O)c1ccc(Cl)c(S(N)(=O)=O)c1. The van der Waals surface area contributed by atoms with Gasteiger partial charge in [-0.25, -0.2) is 23.1 Å². The Morgan fingerprint density at radius 2 is 1.92 bits per heavy atom. The zero-order valence-corrected chi connectivity index (χ0v) is 15.1. The third-order valence-corrected chi connectivity index (χ3v) is 4.12. The van der Waals surface area contributed by atoms with E-state index in [1.165, 1.54) is 6.07 Å². The first-order chi connectivity index (χ1) is 11.5. The van der Waals surface area contributed by atoms with Crippen LogP contribution in [0.2, 0.25) is 5.02 Å². The summed E-state index contributed by atoms with van der Waals surface area (Å²) < 4.78 is 27.4. The number of rotatable bonds is 6. The third kappa shape index (κ3) is 7.08. The Kier molecular flexibility index (Phi) is 7.34. The minimum atomic E-state index is -4.12. The molecular weight excluding hydrogens is 374 g/mol. The standard InChI is InChI=1S/C14H18ClN3O6S/c1-8(2)6-17-14(21)18-12(19)7-24-13(20)9-3-4-10(15)11(5-9)25(16,22)23/h3-5,8H,6-7H2,1-2H3,(H2,16,22,23)(H2,17,18,19,21). The number of hydrogen-bond donors (Lipinski definition) is 3. The highest BCUT2D eigenvalue weighted by atomic mass is 35.5. The summed E-state index contributed by atoms with van der Waals surface area (Å²) in [5, 5.41) is 9.27. The Morgan fingerprint density at radius 3 is 2.48 bits per heavy atom. The second kappa shape index (κ2) is 8.79. The number of sulfonamides is 1. The molecule has 1 aromatic carbocycles. The largest absolute Gasteiger partial charge is 0.452 e. The van der Waals surface area contributed by atoms with Crippen LogP contribution in [0.25, 0.3) is 0 Å². The Morgan fingerprint density at radius 1 is 1.28 bits per heavy atom. The second-order valence-electron chi connectivity index (χ2n) is 5.42. The lowest BCUT2D eigenvalue weighted by Crippen LogP contribution is -2.42. The number of esters is 1. The van der Waals surface area contributed by atoms with Crippen molar-refractivity contribution < 1.29 is 27.5 Å². The predicted octanol–water partition coefficient (Wildman–Crippen LogP) is 0.626. The fraction of sp³-hybridized carbons (Fsp3) is 0.357. The molecule has 3 amide bonds. The van der Waals surface area contributed by atoms with E-state index in [0.29, 0.717) is 6.54 Å². The van der Waals surface area contributed by atoms with E-state index in [1.54, 1.807) is 0 Å². The zero-order valence-electron chi connectivity index (χ0n) is 13.5. The van der Waals surface area contributed by atoms with Crippen LogP contribution in [-0.4, -0.2) is 39.5 Å². The lowest BCUT2D eigenvalue weighted by Gasteiger charge is -2.09. The van der Waals surface area contributed by atoms with E-state index >= 15 is 0 Å². The average molecular weight is 392 g/mol. The van der Waals surface area contributed by atoms with Crippen LogP contribution >= 0.6 is 11.6 Å². The molecule has 0 aromatic heterocycles. The van der Waals surface area contributed by atoms with E-state index in [4.69, 9.17) is 21.5 Å². The van der Waals surface area contributed by atoms with Crippen molar-refractivity contribution in [3.05, 3.63) is 28.8 Å². The average Bonchev–Trinajstić information content (AvgIpc) is 2.50. The monoisotopic (exact) mass is 391 g/mol. The van der Waals surface area contributed by atoms with Crippen LogP contribution in [-0.2, 0) is 19.6 Å². The molecule has 0 saturated heterocycles. The number of ether oxygens (including phenoxy) is 1. The van der Waals surface area contributed by atoms with E-state index in [0.717, 1.165) is 12.1 Å². The van der Waals surface area contributed by atoms with Gasteiger partial charge in [0.1, 0.15) is 4.90 Å². The Labute approximate surface area is 149 Å². The van der Waals surface area contributed by atoms with Gasteiger partial charge in [0.25, 0.3) is 5.91 Å². The second-order valence-corrected chi connectivity index (χ2v) is 7.36. The van der Waals surface area contributed by atoms with Crippen LogP contribution in [0.15, 0.2) is 23.1 Å². The number of hydrogen-bond acceptors (Lipinski definition) is 6. The van der Waals surface area contributed by atoms with E-state index in [-0.39, 0.29) is 16.5 Å². The molecule has 0 aliphatic rings. The van der Waals surface area contributed by atoms with Crippen LogP contribution < -0.4 is 15.8 Å². The van der Waals surface area contributed by atoms with Crippen molar-refractivity contribution >= 4 is 39.5 Å². The maximum atomic E-state index is 11.9. The Bertz CT molecular complexity index is 779. The molecule has 0 spiro atoms. The number of primary sulfonamides is 1. The fourth-order valence-corrected chi connectivity index (χ4v) is 2.64. The van der Waals surface area contributed by atoms with Crippen molar-refractivity contribution in [2.24, 2.45) is 11.1 Å². The van der Waals surface area contributed by atoms with Crippen LogP contribution in [0.1, 0.15) is 24.2 Å². The Hall–Kier alpha value is -2.17. The maximum absolute atomic E-state index is 11.9. The summed E-state index contributed by atoms with van der Waals surface area (Å²) in [5.41, 5.74) is -0.162. The summed E-state index contributed by atoms with van der Waals surface area (Å²) in [6, 6.07) is 2.61. The molecule has 0 fully saturated rings. The first kappa shape index (κ1) is 20.9. The van der Waals surface area contributed by atoms with Gasteiger partial charge in [0.2, 0.25) is 10.0 Å². The van der Waals surface area contributed by atoms with Gasteiger partial charge in [-0.05, 0) is 24.1 Å². The molecule has 0 aliphatic heterocycles. The van der Waals surface area contributed by atoms with Gasteiger partial charge >= 0.3 is 12.0 Å². The van der Waals surface area contributed by atoms with Gasteiger partial charge in [-0.1, -0.05) is 25.4 Å². The molecule has 1 rings (SSSR count). The molecule has 0 unspecified atom stereocenters. The highest BCUT2D eigenvalue weighted by Gasteiger charge is 2.18. The molecule has 0 heterocycles. The number of halogens is 1. The van der Waals surface area contributed by atoms with E-state index in [1.807, 2.05) is 19.2 Å². The molecule has 1 aromatic rings. The van der Waals surface area contributed by atoms with Crippen LogP contribution in [0, 0.1) is 5.92 Å². The first-order valence-electron chi connectivity index (χ1n) is 7.08. The van der Waals surface area contributed by atoms with Crippen molar-refractivity contribution in [3.8, 4) is 0 Å². The minimum absolute atomic E-state index is 0.154. The quantitative estimate of drug-likeness (QED) is 0.606. The maximum Gasteiger partial charge on any atom is 0.338 e. The molecule has 25 heavy (non-hydrogen) atoms. The molecule has 9 nitrogen and oxygen atoms in total. The van der Waals surface area contributed by atoms with Crippen molar-refractivity contribution in [2.45, 2.75) is 18.7 Å². The van der Waals surface area contributed by atoms with Crippen LogP contribution in [0.4, 0.5) is 4.79 Å². The number of imide groups is 1. The van der Waals surface area contributed by atoms with Gasteiger partial charge < -0.3 is 10.1 Å². The number of urea groups is 1.